The maximum Gasteiger partial charge on any atom is 0.341 e. The Balaban J connectivity index is 2.20. The van der Waals surface area contributed by atoms with Gasteiger partial charge in [0.2, 0.25) is 0 Å². The molecular weight excluding hydrogens is 317 g/mol. The lowest BCUT2D eigenvalue weighted by Crippen LogP contribution is -2.27. The van der Waals surface area contributed by atoms with E-state index in [0.717, 1.165) is 0 Å². The van der Waals surface area contributed by atoms with Crippen molar-refractivity contribution in [1.82, 2.24) is 0 Å². The average molecular weight is 328 g/mol. The van der Waals surface area contributed by atoms with Crippen molar-refractivity contribution in [1.29, 1.82) is 0 Å². The van der Waals surface area contributed by atoms with Crippen LogP contribution in [-0.4, -0.2) is 22.8 Å². The minimum Gasteiger partial charge on any atom is -0.481 e. The van der Waals surface area contributed by atoms with Crippen LogP contribution >= 0.6 is 23.2 Å². The van der Waals surface area contributed by atoms with Crippen molar-refractivity contribution >= 4 is 40.9 Å². The molecule has 0 spiro atoms. The van der Waals surface area contributed by atoms with Crippen LogP contribution in [0.25, 0.3) is 0 Å². The minimum atomic E-state index is -1.04. The number of carbonyl (C=O) groups excluding carboxylic acids is 1. The van der Waals surface area contributed by atoms with Gasteiger partial charge in [0.15, 0.2) is 5.75 Å². The SMILES string of the molecule is CC1=NC=C(C(=O)Oc2c(Cl)cccc2Cl)CC1C(=O)O. The van der Waals surface area contributed by atoms with Gasteiger partial charge in [-0.3, -0.25) is 9.79 Å². The van der Waals surface area contributed by atoms with Gasteiger partial charge in [-0.2, -0.15) is 0 Å². The molecule has 110 valence electrons. The lowest BCUT2D eigenvalue weighted by molar-refractivity contribution is -0.139. The third-order valence-electron chi connectivity index (χ3n) is 3.03. The Bertz CT molecular complexity index is 647. The maximum absolute atomic E-state index is 12.1. The summed E-state index contributed by atoms with van der Waals surface area (Å²) in [6.07, 6.45) is 1.33. The number of benzene rings is 1. The fraction of sp³-hybridized carbons (Fsp3) is 0.214. The normalized spacial score (nSPS) is 17.8. The van der Waals surface area contributed by atoms with E-state index in [1.54, 1.807) is 13.0 Å². The van der Waals surface area contributed by atoms with Crippen LogP contribution in [0.15, 0.2) is 35.0 Å². The summed E-state index contributed by atoms with van der Waals surface area (Å²) in [6.45, 7) is 1.60. The molecule has 0 fully saturated rings. The molecule has 1 aliphatic rings. The Kier molecular flexibility index (Phi) is 4.65. The average Bonchev–Trinajstić information content (AvgIpc) is 2.43. The molecule has 0 saturated carbocycles. The van der Waals surface area contributed by atoms with Gasteiger partial charge in [-0.25, -0.2) is 4.79 Å². The summed E-state index contributed by atoms with van der Waals surface area (Å²) in [5, 5.41) is 9.48. The van der Waals surface area contributed by atoms with Crippen LogP contribution in [0.2, 0.25) is 10.0 Å². The molecule has 0 bridgehead atoms. The van der Waals surface area contributed by atoms with Gasteiger partial charge in [-0.1, -0.05) is 29.3 Å². The molecule has 0 saturated heterocycles. The number of carboxylic acids is 1. The third kappa shape index (κ3) is 3.43. The van der Waals surface area contributed by atoms with Gasteiger partial charge in [0.05, 0.1) is 21.5 Å². The third-order valence-corrected chi connectivity index (χ3v) is 3.62. The molecule has 1 unspecified atom stereocenters. The maximum atomic E-state index is 12.1. The molecule has 0 aliphatic carbocycles. The zero-order valence-corrected chi connectivity index (χ0v) is 12.5. The highest BCUT2D eigenvalue weighted by Crippen LogP contribution is 2.33. The van der Waals surface area contributed by atoms with Crippen molar-refractivity contribution in [2.45, 2.75) is 13.3 Å². The lowest BCUT2D eigenvalue weighted by atomic mass is 9.93. The number of aliphatic carboxylic acids is 1. The molecule has 0 aromatic heterocycles. The zero-order valence-electron chi connectivity index (χ0n) is 11.0. The molecule has 1 aliphatic heterocycles. The molecule has 0 amide bonds. The van der Waals surface area contributed by atoms with Crippen LogP contribution < -0.4 is 4.74 Å². The first-order valence-electron chi connectivity index (χ1n) is 6.02. The summed E-state index contributed by atoms with van der Waals surface area (Å²) < 4.78 is 5.15. The Labute approximate surface area is 130 Å². The molecule has 1 aromatic carbocycles. The van der Waals surface area contributed by atoms with Crippen LogP contribution in [0, 0.1) is 5.92 Å². The molecule has 5 nitrogen and oxygen atoms in total. The molecule has 0 radical (unpaired) electrons. The lowest BCUT2D eigenvalue weighted by Gasteiger charge is -2.17. The Morgan fingerprint density at radius 2 is 1.95 bits per heavy atom. The van der Waals surface area contributed by atoms with Crippen molar-refractivity contribution in [2.75, 3.05) is 0 Å². The van der Waals surface area contributed by atoms with Gasteiger partial charge in [-0.15, -0.1) is 0 Å². The number of carboxylic acid groups (broad SMARTS) is 1. The fourth-order valence-electron chi connectivity index (χ4n) is 1.83. The molecule has 2 rings (SSSR count). The van der Waals surface area contributed by atoms with E-state index in [9.17, 15) is 9.59 Å². The number of para-hydroxylation sites is 1. The predicted molar refractivity (Wildman–Crippen MR) is 79.0 cm³/mol. The van der Waals surface area contributed by atoms with Crippen molar-refractivity contribution < 1.29 is 19.4 Å². The van der Waals surface area contributed by atoms with E-state index in [0.29, 0.717) is 5.71 Å². The second kappa shape index (κ2) is 6.28. The van der Waals surface area contributed by atoms with E-state index >= 15 is 0 Å². The van der Waals surface area contributed by atoms with E-state index in [-0.39, 0.29) is 27.8 Å². The van der Waals surface area contributed by atoms with Crippen molar-refractivity contribution in [3.63, 3.8) is 0 Å². The monoisotopic (exact) mass is 327 g/mol. The van der Waals surface area contributed by atoms with Crippen LogP contribution in [0.4, 0.5) is 0 Å². The number of aliphatic imine (C=N–C) groups is 1. The van der Waals surface area contributed by atoms with Gasteiger partial charge in [0, 0.05) is 11.9 Å². The largest absolute Gasteiger partial charge is 0.481 e. The van der Waals surface area contributed by atoms with Crippen LogP contribution in [0.1, 0.15) is 13.3 Å². The molecule has 1 heterocycles. The summed E-state index contributed by atoms with van der Waals surface area (Å²) in [6, 6.07) is 4.69. The quantitative estimate of drug-likeness (QED) is 0.682. The fourth-order valence-corrected chi connectivity index (χ4v) is 2.30. The van der Waals surface area contributed by atoms with E-state index < -0.39 is 17.9 Å². The van der Waals surface area contributed by atoms with E-state index in [2.05, 4.69) is 4.99 Å². The van der Waals surface area contributed by atoms with Crippen LogP contribution in [-0.2, 0) is 9.59 Å². The molecular formula is C14H11Cl2NO4. The van der Waals surface area contributed by atoms with Gasteiger partial charge in [0.25, 0.3) is 0 Å². The number of ether oxygens (including phenoxy) is 1. The first kappa shape index (κ1) is 15.5. The van der Waals surface area contributed by atoms with Crippen molar-refractivity contribution in [2.24, 2.45) is 10.9 Å². The topological polar surface area (TPSA) is 76.0 Å². The number of carbonyl (C=O) groups is 2. The summed E-state index contributed by atoms with van der Waals surface area (Å²) >= 11 is 11.8. The number of hydrogen-bond donors (Lipinski definition) is 1. The van der Waals surface area contributed by atoms with E-state index in [1.165, 1.54) is 18.3 Å². The second-order valence-electron chi connectivity index (χ2n) is 4.46. The molecule has 1 atom stereocenters. The van der Waals surface area contributed by atoms with E-state index in [1.807, 2.05) is 0 Å². The van der Waals surface area contributed by atoms with Crippen molar-refractivity contribution in [3.05, 3.63) is 40.0 Å². The van der Waals surface area contributed by atoms with E-state index in [4.69, 9.17) is 33.0 Å². The predicted octanol–water partition coefficient (Wildman–Crippen LogP) is 3.35. The Morgan fingerprint density at radius 1 is 1.33 bits per heavy atom. The molecule has 21 heavy (non-hydrogen) atoms. The molecule has 7 heteroatoms. The van der Waals surface area contributed by atoms with Gasteiger partial charge < -0.3 is 9.84 Å². The first-order valence-corrected chi connectivity index (χ1v) is 6.78. The molecule has 1 N–H and O–H groups in total. The number of halogens is 2. The highest BCUT2D eigenvalue weighted by molar-refractivity contribution is 6.37. The molecule has 1 aromatic rings. The highest BCUT2D eigenvalue weighted by atomic mass is 35.5. The van der Waals surface area contributed by atoms with Gasteiger partial charge >= 0.3 is 11.9 Å². The smallest absolute Gasteiger partial charge is 0.341 e. The summed E-state index contributed by atoms with van der Waals surface area (Å²) in [5.74, 6) is -2.54. The van der Waals surface area contributed by atoms with Gasteiger partial charge in [-0.05, 0) is 25.5 Å². The van der Waals surface area contributed by atoms with Crippen LogP contribution in [0.3, 0.4) is 0 Å². The Hall–Kier alpha value is -1.85. The number of esters is 1. The number of rotatable bonds is 3. The van der Waals surface area contributed by atoms with Crippen LogP contribution in [0.5, 0.6) is 5.75 Å². The standard InChI is InChI=1S/C14H11Cl2NO4/c1-7-9(13(18)19)5-8(6-17-7)14(20)21-12-10(15)3-2-4-11(12)16/h2-4,6,9H,5H2,1H3,(H,18,19). The Morgan fingerprint density at radius 3 is 2.52 bits per heavy atom. The highest BCUT2D eigenvalue weighted by Gasteiger charge is 2.29. The summed E-state index contributed by atoms with van der Waals surface area (Å²) in [7, 11) is 0. The zero-order chi connectivity index (χ0) is 15.6. The summed E-state index contributed by atoms with van der Waals surface area (Å²) in [4.78, 5) is 27.1. The van der Waals surface area contributed by atoms with Gasteiger partial charge in [0.1, 0.15) is 0 Å². The number of nitrogens with zero attached hydrogens (tertiary/aromatic N) is 1. The summed E-state index contributed by atoms with van der Waals surface area (Å²) in [5.41, 5.74) is 0.596. The second-order valence-corrected chi connectivity index (χ2v) is 5.27. The first-order chi connectivity index (χ1) is 9.90. The van der Waals surface area contributed by atoms with Crippen molar-refractivity contribution in [3.8, 4) is 5.75 Å². The number of hydrogen-bond acceptors (Lipinski definition) is 4. The minimum absolute atomic E-state index is 0.0194.